The molecule has 0 aromatic rings. The molecule has 0 atom stereocenters. The predicted molar refractivity (Wildman–Crippen MR) is 49.1 cm³/mol. The molecule has 1 saturated heterocycles. The standard InChI is InChI=1S/C8H17N3O2/c1-10-3-5-11(6-4-10)9-8(12)7-13-2/h3-7H2,1-2H3,(H,9,12). The molecule has 5 heteroatoms. The molecule has 0 aromatic heterocycles. The van der Waals surface area contributed by atoms with Gasteiger partial charge in [-0.2, -0.15) is 0 Å². The number of likely N-dealkylation sites (N-methyl/N-ethyl adjacent to an activating group) is 1. The van der Waals surface area contributed by atoms with Crippen LogP contribution in [0, 0.1) is 0 Å². The van der Waals surface area contributed by atoms with Crippen LogP contribution in [0.5, 0.6) is 0 Å². The summed E-state index contributed by atoms with van der Waals surface area (Å²) in [5.74, 6) is -0.0768. The lowest BCUT2D eigenvalue weighted by Crippen LogP contribution is -2.53. The summed E-state index contributed by atoms with van der Waals surface area (Å²) in [5, 5.41) is 1.93. The van der Waals surface area contributed by atoms with E-state index in [1.165, 1.54) is 7.11 Å². The Morgan fingerprint density at radius 2 is 2.00 bits per heavy atom. The van der Waals surface area contributed by atoms with Crippen molar-refractivity contribution in [3.8, 4) is 0 Å². The smallest absolute Gasteiger partial charge is 0.260 e. The topological polar surface area (TPSA) is 44.8 Å². The fourth-order valence-electron chi connectivity index (χ4n) is 1.26. The molecule has 0 aromatic carbocycles. The maximum absolute atomic E-state index is 11.1. The third-order valence-electron chi connectivity index (χ3n) is 2.06. The summed E-state index contributed by atoms with van der Waals surface area (Å²) in [6, 6.07) is 0. The third kappa shape index (κ3) is 3.71. The number of carbonyl (C=O) groups excluding carboxylic acids is 1. The van der Waals surface area contributed by atoms with E-state index in [1.54, 1.807) is 0 Å². The lowest BCUT2D eigenvalue weighted by Gasteiger charge is -2.32. The van der Waals surface area contributed by atoms with Crippen molar-refractivity contribution in [2.24, 2.45) is 0 Å². The highest BCUT2D eigenvalue weighted by Crippen LogP contribution is 1.94. The van der Waals surface area contributed by atoms with E-state index < -0.39 is 0 Å². The molecular weight excluding hydrogens is 170 g/mol. The number of ether oxygens (including phenoxy) is 1. The zero-order chi connectivity index (χ0) is 9.68. The van der Waals surface area contributed by atoms with Crippen molar-refractivity contribution in [3.05, 3.63) is 0 Å². The minimum atomic E-state index is -0.0768. The number of hydrogen-bond donors (Lipinski definition) is 1. The molecular formula is C8H17N3O2. The van der Waals surface area contributed by atoms with Crippen molar-refractivity contribution in [1.29, 1.82) is 0 Å². The van der Waals surface area contributed by atoms with Gasteiger partial charge >= 0.3 is 0 Å². The minimum Gasteiger partial charge on any atom is -0.375 e. The number of nitrogens with one attached hydrogen (secondary N) is 1. The van der Waals surface area contributed by atoms with Crippen LogP contribution in [0.15, 0.2) is 0 Å². The van der Waals surface area contributed by atoms with Crippen molar-refractivity contribution in [3.63, 3.8) is 0 Å². The molecule has 0 spiro atoms. The lowest BCUT2D eigenvalue weighted by atomic mass is 10.4. The van der Waals surface area contributed by atoms with Gasteiger partial charge in [-0.15, -0.1) is 0 Å². The predicted octanol–water partition coefficient (Wildman–Crippen LogP) is -1.09. The van der Waals surface area contributed by atoms with Gasteiger partial charge in [-0.05, 0) is 7.05 Å². The Kier molecular flexibility index (Phi) is 4.14. The number of methoxy groups -OCH3 is 1. The normalized spacial score (nSPS) is 20.2. The van der Waals surface area contributed by atoms with Crippen LogP contribution in [0.25, 0.3) is 0 Å². The summed E-state index contributed by atoms with van der Waals surface area (Å²) in [5.41, 5.74) is 2.78. The molecule has 1 aliphatic rings. The summed E-state index contributed by atoms with van der Waals surface area (Å²) in [6.45, 7) is 3.88. The Bertz CT molecular complexity index is 167. The zero-order valence-electron chi connectivity index (χ0n) is 8.25. The largest absolute Gasteiger partial charge is 0.375 e. The Morgan fingerprint density at radius 3 is 2.54 bits per heavy atom. The van der Waals surface area contributed by atoms with Gasteiger partial charge in [-0.25, -0.2) is 5.01 Å². The Hall–Kier alpha value is -0.650. The second-order valence-electron chi connectivity index (χ2n) is 3.26. The molecule has 1 amide bonds. The van der Waals surface area contributed by atoms with Gasteiger partial charge in [0.25, 0.3) is 5.91 Å². The fraction of sp³-hybridized carbons (Fsp3) is 0.875. The van der Waals surface area contributed by atoms with Crippen molar-refractivity contribution >= 4 is 5.91 Å². The number of carbonyl (C=O) groups is 1. The molecule has 0 bridgehead atoms. The van der Waals surface area contributed by atoms with Crippen LogP contribution in [0.1, 0.15) is 0 Å². The molecule has 1 heterocycles. The van der Waals surface area contributed by atoms with Crippen molar-refractivity contribution in [2.75, 3.05) is 46.9 Å². The van der Waals surface area contributed by atoms with Gasteiger partial charge in [0.2, 0.25) is 0 Å². The van der Waals surface area contributed by atoms with Crippen LogP contribution in [0.3, 0.4) is 0 Å². The number of nitrogens with zero attached hydrogens (tertiary/aromatic N) is 2. The minimum absolute atomic E-state index is 0.0768. The maximum Gasteiger partial charge on any atom is 0.260 e. The Balaban J connectivity index is 2.18. The maximum atomic E-state index is 11.1. The van der Waals surface area contributed by atoms with Gasteiger partial charge in [0.05, 0.1) is 0 Å². The first-order chi connectivity index (χ1) is 6.22. The monoisotopic (exact) mass is 187 g/mol. The highest BCUT2D eigenvalue weighted by molar-refractivity contribution is 5.76. The van der Waals surface area contributed by atoms with Crippen LogP contribution in [0.2, 0.25) is 0 Å². The number of piperazine rings is 1. The molecule has 13 heavy (non-hydrogen) atoms. The molecule has 1 fully saturated rings. The molecule has 1 aliphatic heterocycles. The van der Waals surface area contributed by atoms with E-state index >= 15 is 0 Å². The second kappa shape index (κ2) is 5.16. The summed E-state index contributed by atoms with van der Waals surface area (Å²) < 4.78 is 4.72. The average Bonchev–Trinajstić information content (AvgIpc) is 2.09. The zero-order valence-corrected chi connectivity index (χ0v) is 8.25. The van der Waals surface area contributed by atoms with Crippen LogP contribution in [-0.4, -0.2) is 62.8 Å². The SMILES string of the molecule is COCC(=O)NN1CCN(C)CC1. The van der Waals surface area contributed by atoms with E-state index in [4.69, 9.17) is 4.74 Å². The van der Waals surface area contributed by atoms with Crippen LogP contribution >= 0.6 is 0 Å². The van der Waals surface area contributed by atoms with Crippen molar-refractivity contribution in [1.82, 2.24) is 15.3 Å². The number of amides is 1. The summed E-state index contributed by atoms with van der Waals surface area (Å²) in [7, 11) is 3.60. The fourth-order valence-corrected chi connectivity index (χ4v) is 1.26. The van der Waals surface area contributed by atoms with Gasteiger partial charge < -0.3 is 9.64 Å². The number of hydrogen-bond acceptors (Lipinski definition) is 4. The van der Waals surface area contributed by atoms with E-state index in [-0.39, 0.29) is 12.5 Å². The molecule has 0 saturated carbocycles. The first kappa shape index (κ1) is 10.4. The van der Waals surface area contributed by atoms with Gasteiger partial charge in [0, 0.05) is 33.3 Å². The van der Waals surface area contributed by atoms with Crippen molar-refractivity contribution < 1.29 is 9.53 Å². The lowest BCUT2D eigenvalue weighted by molar-refractivity contribution is -0.130. The molecule has 1 N–H and O–H groups in total. The van der Waals surface area contributed by atoms with Gasteiger partial charge in [0.15, 0.2) is 0 Å². The van der Waals surface area contributed by atoms with E-state index in [1.807, 2.05) is 5.01 Å². The number of rotatable bonds is 3. The average molecular weight is 187 g/mol. The van der Waals surface area contributed by atoms with Crippen LogP contribution in [0.4, 0.5) is 0 Å². The van der Waals surface area contributed by atoms with Crippen LogP contribution in [-0.2, 0) is 9.53 Å². The molecule has 0 radical (unpaired) electrons. The third-order valence-corrected chi connectivity index (χ3v) is 2.06. The summed E-state index contributed by atoms with van der Waals surface area (Å²) >= 11 is 0. The highest BCUT2D eigenvalue weighted by atomic mass is 16.5. The van der Waals surface area contributed by atoms with E-state index in [9.17, 15) is 4.79 Å². The first-order valence-corrected chi connectivity index (χ1v) is 4.44. The quantitative estimate of drug-likeness (QED) is 0.610. The van der Waals surface area contributed by atoms with E-state index in [0.29, 0.717) is 0 Å². The molecule has 76 valence electrons. The van der Waals surface area contributed by atoms with E-state index in [2.05, 4.69) is 17.4 Å². The summed E-state index contributed by atoms with van der Waals surface area (Å²) in [4.78, 5) is 13.3. The Morgan fingerprint density at radius 1 is 1.38 bits per heavy atom. The molecule has 0 aliphatic carbocycles. The second-order valence-corrected chi connectivity index (χ2v) is 3.26. The van der Waals surface area contributed by atoms with E-state index in [0.717, 1.165) is 26.2 Å². The Labute approximate surface area is 78.6 Å². The number of hydrazine groups is 1. The molecule has 0 unspecified atom stereocenters. The highest BCUT2D eigenvalue weighted by Gasteiger charge is 2.14. The molecule has 1 rings (SSSR count). The van der Waals surface area contributed by atoms with Gasteiger partial charge in [-0.3, -0.25) is 10.2 Å². The van der Waals surface area contributed by atoms with Gasteiger partial charge in [-0.1, -0.05) is 0 Å². The first-order valence-electron chi connectivity index (χ1n) is 4.44. The van der Waals surface area contributed by atoms with Crippen molar-refractivity contribution in [2.45, 2.75) is 0 Å². The summed E-state index contributed by atoms with van der Waals surface area (Å²) in [6.07, 6.45) is 0. The molecule has 5 nitrogen and oxygen atoms in total. The van der Waals surface area contributed by atoms with Crippen LogP contribution < -0.4 is 5.43 Å². The van der Waals surface area contributed by atoms with Gasteiger partial charge in [0.1, 0.15) is 6.61 Å².